The molecule has 1 atom stereocenters. The van der Waals surface area contributed by atoms with Gasteiger partial charge in [0.2, 0.25) is 5.91 Å². The van der Waals surface area contributed by atoms with Gasteiger partial charge in [0.05, 0.1) is 17.0 Å². The van der Waals surface area contributed by atoms with Crippen molar-refractivity contribution in [3.8, 4) is 5.75 Å². The summed E-state index contributed by atoms with van der Waals surface area (Å²) in [6.07, 6.45) is -2.94. The van der Waals surface area contributed by atoms with E-state index in [1.807, 2.05) is 0 Å². The Balaban J connectivity index is 1.66. The molecule has 3 rings (SSSR count). The molecule has 140 valence electrons. The van der Waals surface area contributed by atoms with Crippen molar-refractivity contribution in [3.05, 3.63) is 65.2 Å². The first-order valence-electron chi connectivity index (χ1n) is 7.85. The zero-order valence-electron chi connectivity index (χ0n) is 13.8. The summed E-state index contributed by atoms with van der Waals surface area (Å²) in [5.74, 6) is -0.291. The molecule has 1 saturated heterocycles. The van der Waals surface area contributed by atoms with Crippen LogP contribution in [0.1, 0.15) is 16.7 Å². The molecule has 1 amide bonds. The molecule has 0 spiro atoms. The Hall–Kier alpha value is -2.81. The molecule has 1 unspecified atom stereocenters. The Labute approximate surface area is 157 Å². The van der Waals surface area contributed by atoms with E-state index in [2.05, 4.69) is 15.5 Å². The number of amidine groups is 1. The second kappa shape index (κ2) is 7.83. The summed E-state index contributed by atoms with van der Waals surface area (Å²) in [6.45, 7) is 0. The first-order valence-corrected chi connectivity index (χ1v) is 8.73. The monoisotopic (exact) mass is 393 g/mol. The van der Waals surface area contributed by atoms with Crippen LogP contribution in [0, 0.1) is 0 Å². The lowest BCUT2D eigenvalue weighted by Gasteiger charge is -2.10. The Morgan fingerprint density at radius 1 is 1.19 bits per heavy atom. The van der Waals surface area contributed by atoms with E-state index in [1.54, 1.807) is 24.3 Å². The van der Waals surface area contributed by atoms with Gasteiger partial charge in [-0.2, -0.15) is 18.3 Å². The number of nitrogens with zero attached hydrogens (tertiary/aromatic N) is 2. The smallest absolute Gasteiger partial charge is 0.416 e. The number of aromatic hydroxyl groups is 1. The van der Waals surface area contributed by atoms with Crippen molar-refractivity contribution in [2.45, 2.75) is 17.8 Å². The van der Waals surface area contributed by atoms with E-state index in [9.17, 15) is 23.1 Å². The minimum absolute atomic E-state index is 0.0481. The lowest BCUT2D eigenvalue weighted by atomic mass is 10.1. The van der Waals surface area contributed by atoms with Gasteiger partial charge in [0, 0.05) is 5.56 Å². The average molecular weight is 393 g/mol. The fourth-order valence-electron chi connectivity index (χ4n) is 2.42. The second-order valence-electron chi connectivity index (χ2n) is 5.71. The van der Waals surface area contributed by atoms with E-state index in [0.717, 1.165) is 23.9 Å². The zero-order chi connectivity index (χ0) is 19.4. The summed E-state index contributed by atoms with van der Waals surface area (Å²) >= 11 is 1.10. The van der Waals surface area contributed by atoms with Crippen LogP contribution in [-0.4, -0.2) is 27.6 Å². The predicted octanol–water partition coefficient (Wildman–Crippen LogP) is 3.58. The van der Waals surface area contributed by atoms with E-state index >= 15 is 0 Å². The number of carbonyl (C=O) groups is 1. The standard InChI is InChI=1S/C18H14F3N3O2S/c19-18(20,21)13-6-3-4-11(8-13)9-15-16(26)23-17(27-15)24-22-10-12-5-1-2-7-14(12)25/h1-8,10,15,25H,9H2,(H,23,24,26)/b22-10+. The van der Waals surface area contributed by atoms with Crippen LogP contribution in [0.3, 0.4) is 0 Å². The summed E-state index contributed by atoms with van der Waals surface area (Å²) in [4.78, 5) is 12.0. The maximum Gasteiger partial charge on any atom is 0.416 e. The number of halogens is 3. The Kier molecular flexibility index (Phi) is 5.50. The van der Waals surface area contributed by atoms with E-state index in [1.165, 1.54) is 18.3 Å². The van der Waals surface area contributed by atoms with E-state index in [0.29, 0.717) is 11.1 Å². The van der Waals surface area contributed by atoms with E-state index in [4.69, 9.17) is 0 Å². The van der Waals surface area contributed by atoms with Crippen molar-refractivity contribution in [3.63, 3.8) is 0 Å². The van der Waals surface area contributed by atoms with Crippen LogP contribution in [0.25, 0.3) is 0 Å². The molecule has 9 heteroatoms. The molecule has 27 heavy (non-hydrogen) atoms. The van der Waals surface area contributed by atoms with Gasteiger partial charge in [0.15, 0.2) is 5.17 Å². The third-order valence-electron chi connectivity index (χ3n) is 3.73. The summed E-state index contributed by atoms with van der Waals surface area (Å²) in [7, 11) is 0. The normalized spacial score (nSPS) is 19.0. The summed E-state index contributed by atoms with van der Waals surface area (Å²) in [5.41, 5.74) is 0.137. The number of nitrogens with one attached hydrogen (secondary N) is 1. The molecule has 5 nitrogen and oxygen atoms in total. The highest BCUT2D eigenvalue weighted by atomic mass is 32.2. The maximum atomic E-state index is 12.8. The van der Waals surface area contributed by atoms with Crippen LogP contribution in [0.15, 0.2) is 58.7 Å². The molecular formula is C18H14F3N3O2S. The molecule has 1 fully saturated rings. The van der Waals surface area contributed by atoms with E-state index in [-0.39, 0.29) is 23.2 Å². The van der Waals surface area contributed by atoms with Crippen LogP contribution in [0.5, 0.6) is 5.75 Å². The van der Waals surface area contributed by atoms with Crippen LogP contribution >= 0.6 is 11.8 Å². The Morgan fingerprint density at radius 3 is 2.70 bits per heavy atom. The molecule has 2 aromatic rings. The van der Waals surface area contributed by atoms with Crippen molar-refractivity contribution in [2.75, 3.05) is 0 Å². The van der Waals surface area contributed by atoms with Crippen molar-refractivity contribution in [1.82, 2.24) is 5.32 Å². The average Bonchev–Trinajstić information content (AvgIpc) is 2.96. The molecule has 2 N–H and O–H groups in total. The Morgan fingerprint density at radius 2 is 1.96 bits per heavy atom. The second-order valence-corrected chi connectivity index (χ2v) is 6.90. The molecule has 0 saturated carbocycles. The molecular weight excluding hydrogens is 379 g/mol. The van der Waals surface area contributed by atoms with Crippen molar-refractivity contribution in [1.29, 1.82) is 0 Å². The molecule has 2 aromatic carbocycles. The number of hydrogen-bond acceptors (Lipinski definition) is 5. The maximum absolute atomic E-state index is 12.8. The summed E-state index contributed by atoms with van der Waals surface area (Å²) < 4.78 is 38.4. The SMILES string of the molecule is O=C1N/C(=N\N=C\c2ccccc2O)SC1Cc1cccc(C(F)(F)F)c1. The van der Waals surface area contributed by atoms with Crippen LogP contribution < -0.4 is 5.32 Å². The number of benzene rings is 2. The first-order chi connectivity index (χ1) is 12.8. The molecule has 1 heterocycles. The zero-order valence-corrected chi connectivity index (χ0v) is 14.6. The molecule has 0 aliphatic carbocycles. The molecule has 1 aliphatic heterocycles. The molecule has 1 aliphatic rings. The van der Waals surface area contributed by atoms with Gasteiger partial charge in [-0.15, -0.1) is 5.10 Å². The van der Waals surface area contributed by atoms with Gasteiger partial charge in [-0.05, 0) is 30.2 Å². The fourth-order valence-corrected chi connectivity index (χ4v) is 3.38. The number of rotatable bonds is 4. The number of phenols is 1. The Bertz CT molecular complexity index is 913. The highest BCUT2D eigenvalue weighted by Crippen LogP contribution is 2.31. The lowest BCUT2D eigenvalue weighted by Crippen LogP contribution is -2.26. The lowest BCUT2D eigenvalue weighted by molar-refractivity contribution is -0.137. The first kappa shape index (κ1) is 19.0. The number of phenolic OH excluding ortho intramolecular Hbond substituents is 1. The van der Waals surface area contributed by atoms with Gasteiger partial charge in [-0.3, -0.25) is 4.79 Å². The quantitative estimate of drug-likeness (QED) is 0.616. The highest BCUT2D eigenvalue weighted by molar-refractivity contribution is 8.15. The summed E-state index contributed by atoms with van der Waals surface area (Å²) in [5, 5.41) is 19.6. The van der Waals surface area contributed by atoms with Gasteiger partial charge < -0.3 is 10.4 Å². The van der Waals surface area contributed by atoms with Crippen molar-refractivity contribution in [2.24, 2.45) is 10.2 Å². The largest absolute Gasteiger partial charge is 0.507 e. The van der Waals surface area contributed by atoms with E-state index < -0.39 is 17.0 Å². The van der Waals surface area contributed by atoms with Gasteiger partial charge in [0.25, 0.3) is 0 Å². The van der Waals surface area contributed by atoms with Crippen molar-refractivity contribution >= 4 is 29.1 Å². The fraction of sp³-hybridized carbons (Fsp3) is 0.167. The van der Waals surface area contributed by atoms with Gasteiger partial charge >= 0.3 is 6.18 Å². The third-order valence-corrected chi connectivity index (χ3v) is 4.81. The van der Waals surface area contributed by atoms with Crippen molar-refractivity contribution < 1.29 is 23.1 Å². The number of amides is 1. The third kappa shape index (κ3) is 4.88. The molecule has 0 radical (unpaired) electrons. The number of carbonyl (C=O) groups excluding carboxylic acids is 1. The van der Waals surface area contributed by atoms with Crippen LogP contribution in [0.2, 0.25) is 0 Å². The predicted molar refractivity (Wildman–Crippen MR) is 97.8 cm³/mol. The highest BCUT2D eigenvalue weighted by Gasteiger charge is 2.33. The number of alkyl halides is 3. The minimum Gasteiger partial charge on any atom is -0.507 e. The topological polar surface area (TPSA) is 74.0 Å². The number of para-hydroxylation sites is 1. The minimum atomic E-state index is -4.43. The number of thioether (sulfide) groups is 1. The van der Waals surface area contributed by atoms with Crippen LogP contribution in [-0.2, 0) is 17.4 Å². The van der Waals surface area contributed by atoms with Crippen LogP contribution in [0.4, 0.5) is 13.2 Å². The van der Waals surface area contributed by atoms with Gasteiger partial charge in [-0.1, -0.05) is 42.1 Å². The van der Waals surface area contributed by atoms with Gasteiger partial charge in [-0.25, -0.2) is 0 Å². The summed E-state index contributed by atoms with van der Waals surface area (Å²) in [6, 6.07) is 11.5. The molecule has 0 bridgehead atoms. The van der Waals surface area contributed by atoms with Gasteiger partial charge in [0.1, 0.15) is 5.75 Å². The molecule has 0 aromatic heterocycles. The number of hydrogen-bond donors (Lipinski definition) is 2.